The molecule has 44 valence electrons. The molecule has 0 fully saturated rings. The van der Waals surface area contributed by atoms with Gasteiger partial charge in [-0.1, -0.05) is 0 Å². The normalized spacial score (nSPS) is 23.4. The highest BCUT2D eigenvalue weighted by Crippen LogP contribution is 2.00. The zero-order chi connectivity index (χ0) is 5.98. The average Bonchev–Trinajstić information content (AvgIpc) is 1.55. The first-order chi connectivity index (χ1) is 3.79. The summed E-state index contributed by atoms with van der Waals surface area (Å²) in [5.41, 5.74) is 0. The predicted octanol–water partition coefficient (Wildman–Crippen LogP) is -0.00750. The first-order valence-electron chi connectivity index (χ1n) is 2.38. The van der Waals surface area contributed by atoms with Gasteiger partial charge in [0.15, 0.2) is 6.23 Å². The van der Waals surface area contributed by atoms with E-state index in [4.69, 9.17) is 4.74 Å². The van der Waals surface area contributed by atoms with Crippen LogP contribution in [0.1, 0.15) is 6.92 Å². The van der Waals surface area contributed by atoms with Gasteiger partial charge in [-0.2, -0.15) is 0 Å². The maximum Gasteiger partial charge on any atom is 0.219 e. The van der Waals surface area contributed by atoms with Crippen molar-refractivity contribution in [2.24, 2.45) is 0 Å². The van der Waals surface area contributed by atoms with Crippen LogP contribution >= 0.6 is 0 Å². The van der Waals surface area contributed by atoms with E-state index < -0.39 is 0 Å². The first-order valence-corrected chi connectivity index (χ1v) is 2.38. The van der Waals surface area contributed by atoms with E-state index in [-0.39, 0.29) is 12.1 Å². The van der Waals surface area contributed by atoms with Gasteiger partial charge < -0.3 is 10.1 Å². The molecule has 1 atom stereocenters. The number of ether oxygens (including phenoxy) is 1. The maximum atomic E-state index is 10.2. The van der Waals surface area contributed by atoms with Crippen molar-refractivity contribution in [3.63, 3.8) is 0 Å². The zero-order valence-corrected chi connectivity index (χ0v) is 4.55. The quantitative estimate of drug-likeness (QED) is 0.519. The van der Waals surface area contributed by atoms with E-state index in [2.05, 4.69) is 5.32 Å². The maximum absolute atomic E-state index is 10.2. The number of carbonyl (C=O) groups is 1. The summed E-state index contributed by atoms with van der Waals surface area (Å²) in [6.45, 7) is 1.45. The van der Waals surface area contributed by atoms with E-state index in [9.17, 15) is 4.79 Å². The summed E-state index contributed by atoms with van der Waals surface area (Å²) in [5, 5.41) is 2.53. The van der Waals surface area contributed by atoms with Crippen molar-refractivity contribution in [1.29, 1.82) is 0 Å². The number of amides is 1. The zero-order valence-electron chi connectivity index (χ0n) is 4.55. The van der Waals surface area contributed by atoms with Gasteiger partial charge >= 0.3 is 0 Å². The van der Waals surface area contributed by atoms with Crippen LogP contribution in [0.25, 0.3) is 0 Å². The van der Waals surface area contributed by atoms with Crippen LogP contribution in [0.4, 0.5) is 0 Å². The lowest BCUT2D eigenvalue weighted by Gasteiger charge is -2.19. The Morgan fingerprint density at radius 2 is 2.50 bits per heavy atom. The minimum Gasteiger partial charge on any atom is -0.475 e. The monoisotopic (exact) mass is 113 g/mol. The van der Waals surface area contributed by atoms with Crippen molar-refractivity contribution >= 4 is 5.91 Å². The summed E-state index contributed by atoms with van der Waals surface area (Å²) in [4.78, 5) is 10.2. The topological polar surface area (TPSA) is 38.3 Å². The van der Waals surface area contributed by atoms with Gasteiger partial charge in [0, 0.05) is 13.0 Å². The minimum absolute atomic E-state index is 0.0700. The number of carbonyl (C=O) groups excluding carboxylic acids is 1. The Morgan fingerprint density at radius 3 is 2.62 bits per heavy atom. The average molecular weight is 113 g/mol. The SMILES string of the molecule is CC(=O)NC1C=CO1. The molecule has 0 aromatic rings. The summed E-state index contributed by atoms with van der Waals surface area (Å²) in [5.74, 6) is -0.0700. The molecule has 0 bridgehead atoms. The van der Waals surface area contributed by atoms with Gasteiger partial charge in [0.25, 0.3) is 0 Å². The van der Waals surface area contributed by atoms with E-state index in [1.165, 1.54) is 6.92 Å². The van der Waals surface area contributed by atoms with E-state index >= 15 is 0 Å². The third-order valence-corrected chi connectivity index (χ3v) is 0.824. The smallest absolute Gasteiger partial charge is 0.219 e. The molecule has 0 aromatic carbocycles. The number of nitrogens with one attached hydrogen (secondary N) is 1. The van der Waals surface area contributed by atoms with Crippen molar-refractivity contribution in [1.82, 2.24) is 5.32 Å². The summed E-state index contributed by atoms with van der Waals surface area (Å²) in [7, 11) is 0. The highest BCUT2D eigenvalue weighted by Gasteiger charge is 2.10. The van der Waals surface area contributed by atoms with Crippen molar-refractivity contribution in [3.05, 3.63) is 12.3 Å². The Morgan fingerprint density at radius 1 is 1.88 bits per heavy atom. The molecule has 1 unspecified atom stereocenters. The molecule has 3 heteroatoms. The minimum atomic E-state index is -0.174. The first kappa shape index (κ1) is 5.15. The van der Waals surface area contributed by atoms with Gasteiger partial charge in [-0.05, 0) is 0 Å². The Labute approximate surface area is 47.3 Å². The fraction of sp³-hybridized carbons (Fsp3) is 0.400. The van der Waals surface area contributed by atoms with Crippen molar-refractivity contribution in [2.75, 3.05) is 0 Å². The fourth-order valence-corrected chi connectivity index (χ4v) is 0.440. The highest BCUT2D eigenvalue weighted by atomic mass is 16.5. The van der Waals surface area contributed by atoms with Gasteiger partial charge in [0.05, 0.1) is 6.26 Å². The van der Waals surface area contributed by atoms with Gasteiger partial charge in [-0.15, -0.1) is 0 Å². The second-order valence-corrected chi connectivity index (χ2v) is 1.59. The summed E-state index contributed by atoms with van der Waals surface area (Å²) >= 11 is 0. The van der Waals surface area contributed by atoms with Gasteiger partial charge in [-0.25, -0.2) is 0 Å². The molecule has 0 spiro atoms. The van der Waals surface area contributed by atoms with Crippen LogP contribution < -0.4 is 5.32 Å². The molecule has 1 amide bonds. The third-order valence-electron chi connectivity index (χ3n) is 0.824. The lowest BCUT2D eigenvalue weighted by Crippen LogP contribution is -2.36. The largest absolute Gasteiger partial charge is 0.475 e. The van der Waals surface area contributed by atoms with Gasteiger partial charge in [0.2, 0.25) is 5.91 Å². The molecule has 8 heavy (non-hydrogen) atoms. The molecule has 1 rings (SSSR count). The van der Waals surface area contributed by atoms with Gasteiger partial charge in [0.1, 0.15) is 0 Å². The van der Waals surface area contributed by atoms with Crippen LogP contribution in [0, 0.1) is 0 Å². The molecule has 1 aliphatic heterocycles. The van der Waals surface area contributed by atoms with Crippen molar-refractivity contribution < 1.29 is 9.53 Å². The second kappa shape index (κ2) is 1.86. The molecule has 0 aromatic heterocycles. The number of rotatable bonds is 1. The summed E-state index contributed by atoms with van der Waals surface area (Å²) in [6.07, 6.45) is 3.13. The predicted molar refractivity (Wildman–Crippen MR) is 27.8 cm³/mol. The Balaban J connectivity index is 2.20. The molecule has 1 heterocycles. The van der Waals surface area contributed by atoms with E-state index in [0.29, 0.717) is 0 Å². The van der Waals surface area contributed by atoms with Gasteiger partial charge in [-0.3, -0.25) is 4.79 Å². The highest BCUT2D eigenvalue weighted by molar-refractivity contribution is 5.73. The number of hydrogen-bond acceptors (Lipinski definition) is 2. The van der Waals surface area contributed by atoms with Crippen LogP contribution in [-0.2, 0) is 9.53 Å². The molecular weight excluding hydrogens is 106 g/mol. The summed E-state index contributed by atoms with van der Waals surface area (Å²) < 4.78 is 4.73. The van der Waals surface area contributed by atoms with E-state index in [0.717, 1.165) is 0 Å². The Kier molecular flexibility index (Phi) is 1.20. The van der Waals surface area contributed by atoms with Crippen molar-refractivity contribution in [2.45, 2.75) is 13.2 Å². The van der Waals surface area contributed by atoms with Crippen molar-refractivity contribution in [3.8, 4) is 0 Å². The lowest BCUT2D eigenvalue weighted by atomic mass is 10.4. The molecular formula is C5H7NO2. The third kappa shape index (κ3) is 0.992. The van der Waals surface area contributed by atoms with Crippen LogP contribution in [-0.4, -0.2) is 12.1 Å². The molecule has 0 radical (unpaired) electrons. The van der Waals surface area contributed by atoms with E-state index in [1.807, 2.05) is 0 Å². The fourth-order valence-electron chi connectivity index (χ4n) is 0.440. The molecule has 1 aliphatic rings. The molecule has 0 saturated heterocycles. The molecule has 1 N–H and O–H groups in total. The summed E-state index contributed by atoms with van der Waals surface area (Å²) in [6, 6.07) is 0. The van der Waals surface area contributed by atoms with E-state index in [1.54, 1.807) is 12.3 Å². The molecule has 0 saturated carbocycles. The Bertz CT molecular complexity index is 130. The van der Waals surface area contributed by atoms with Crippen LogP contribution in [0.2, 0.25) is 0 Å². The Hall–Kier alpha value is -0.990. The molecule has 0 aliphatic carbocycles. The molecule has 3 nitrogen and oxygen atoms in total. The number of hydrogen-bond donors (Lipinski definition) is 1. The standard InChI is InChI=1S/C5H7NO2/c1-4(7)6-5-2-3-8-5/h2-3,5H,1H3,(H,6,7). The van der Waals surface area contributed by atoms with Crippen LogP contribution in [0.15, 0.2) is 12.3 Å². The lowest BCUT2D eigenvalue weighted by molar-refractivity contribution is -0.121. The second-order valence-electron chi connectivity index (χ2n) is 1.59. The van der Waals surface area contributed by atoms with Crippen LogP contribution in [0.3, 0.4) is 0 Å². The van der Waals surface area contributed by atoms with Crippen LogP contribution in [0.5, 0.6) is 0 Å².